The zero-order valence-electron chi connectivity index (χ0n) is 16.1. The molecule has 0 radical (unpaired) electrons. The van der Waals surface area contributed by atoms with Crippen molar-refractivity contribution >= 4 is 18.4 Å². The molecule has 6 heteroatoms. The van der Waals surface area contributed by atoms with Gasteiger partial charge in [0.05, 0.1) is 19.3 Å². The van der Waals surface area contributed by atoms with Crippen LogP contribution in [-0.2, 0) is 22.6 Å². The Morgan fingerprint density at radius 2 is 1.64 bits per heavy atom. The zero-order valence-corrected chi connectivity index (χ0v) is 16.9. The number of rotatable bonds is 7. The van der Waals surface area contributed by atoms with Gasteiger partial charge in [0, 0.05) is 13.2 Å². The third-order valence-electron chi connectivity index (χ3n) is 5.02. The number of carbonyl (C=O) groups is 1. The third-order valence-corrected chi connectivity index (χ3v) is 5.02. The highest BCUT2D eigenvalue weighted by Crippen LogP contribution is 2.20. The molecule has 0 N–H and O–H groups in total. The molecule has 0 unspecified atom stereocenters. The van der Waals surface area contributed by atoms with E-state index in [0.29, 0.717) is 18.1 Å². The number of benzene rings is 2. The molecule has 0 aromatic heterocycles. The molecule has 1 aliphatic heterocycles. The number of methoxy groups -OCH3 is 1. The summed E-state index contributed by atoms with van der Waals surface area (Å²) in [6, 6.07) is 14.1. The number of likely N-dealkylation sites (tertiary alicyclic amines) is 1. The first kappa shape index (κ1) is 22.3. The summed E-state index contributed by atoms with van der Waals surface area (Å²) in [7, 11) is 1.39. The second-order valence-corrected chi connectivity index (χ2v) is 7.05. The first-order valence-electron chi connectivity index (χ1n) is 9.36. The van der Waals surface area contributed by atoms with E-state index in [1.165, 1.54) is 24.8 Å². The number of hydrogen-bond donors (Lipinski definition) is 0. The molecule has 0 spiro atoms. The Kier molecular flexibility index (Phi) is 8.90. The molecule has 4 nitrogen and oxygen atoms in total. The Bertz CT molecular complexity index is 728. The maximum Gasteiger partial charge on any atom is 0.337 e. The van der Waals surface area contributed by atoms with Crippen molar-refractivity contribution in [3.8, 4) is 0 Å². The van der Waals surface area contributed by atoms with E-state index in [9.17, 15) is 9.18 Å². The van der Waals surface area contributed by atoms with Crippen LogP contribution in [0, 0.1) is 11.7 Å². The standard InChI is InChI=1S/C22H26FNO3.ClH/c1-26-22(25)20-6-2-17(3-7-20)14-24-12-10-19(11-13-24)16-27-15-18-4-8-21(23)9-5-18;/h2-9,19H,10-16H2,1H3;1H. The van der Waals surface area contributed by atoms with Gasteiger partial charge in [-0.15, -0.1) is 12.4 Å². The quantitative estimate of drug-likeness (QED) is 0.635. The smallest absolute Gasteiger partial charge is 0.337 e. The topological polar surface area (TPSA) is 38.8 Å². The normalized spacial score (nSPS) is 15.1. The van der Waals surface area contributed by atoms with Crippen molar-refractivity contribution in [2.24, 2.45) is 5.92 Å². The van der Waals surface area contributed by atoms with Crippen molar-refractivity contribution in [2.45, 2.75) is 26.0 Å². The molecule has 1 saturated heterocycles. The molecule has 1 fully saturated rings. The third kappa shape index (κ3) is 6.59. The maximum atomic E-state index is 12.9. The van der Waals surface area contributed by atoms with Crippen LogP contribution in [0.3, 0.4) is 0 Å². The predicted octanol–water partition coefficient (Wildman–Crippen LogP) is 4.46. The van der Waals surface area contributed by atoms with Crippen molar-refractivity contribution in [2.75, 3.05) is 26.8 Å². The van der Waals surface area contributed by atoms with E-state index in [2.05, 4.69) is 4.90 Å². The monoisotopic (exact) mass is 407 g/mol. The summed E-state index contributed by atoms with van der Waals surface area (Å²) >= 11 is 0. The lowest BCUT2D eigenvalue weighted by Crippen LogP contribution is -2.34. The van der Waals surface area contributed by atoms with Crippen LogP contribution in [0.2, 0.25) is 0 Å². The zero-order chi connectivity index (χ0) is 19.1. The van der Waals surface area contributed by atoms with E-state index in [0.717, 1.165) is 44.6 Å². The molecule has 2 aromatic rings. The highest BCUT2D eigenvalue weighted by atomic mass is 35.5. The fourth-order valence-corrected chi connectivity index (χ4v) is 3.36. The Labute approximate surface area is 172 Å². The van der Waals surface area contributed by atoms with Crippen LogP contribution in [0.15, 0.2) is 48.5 Å². The molecule has 28 heavy (non-hydrogen) atoms. The van der Waals surface area contributed by atoms with E-state index in [4.69, 9.17) is 9.47 Å². The summed E-state index contributed by atoms with van der Waals surface area (Å²) in [5, 5.41) is 0. The molecule has 0 aliphatic carbocycles. The van der Waals surface area contributed by atoms with Gasteiger partial charge in [0.2, 0.25) is 0 Å². The van der Waals surface area contributed by atoms with Gasteiger partial charge in [0.1, 0.15) is 5.82 Å². The van der Waals surface area contributed by atoms with Gasteiger partial charge in [-0.05, 0) is 67.2 Å². The number of carbonyl (C=O) groups excluding carboxylic acids is 1. The van der Waals surface area contributed by atoms with Crippen molar-refractivity contribution in [1.82, 2.24) is 4.90 Å². The Morgan fingerprint density at radius 3 is 2.25 bits per heavy atom. The average Bonchev–Trinajstić information content (AvgIpc) is 2.71. The van der Waals surface area contributed by atoms with Crippen LogP contribution in [0.4, 0.5) is 4.39 Å². The minimum atomic E-state index is -0.303. The van der Waals surface area contributed by atoms with Gasteiger partial charge in [0.25, 0.3) is 0 Å². The minimum Gasteiger partial charge on any atom is -0.465 e. The van der Waals surface area contributed by atoms with Gasteiger partial charge >= 0.3 is 5.97 Å². The lowest BCUT2D eigenvalue weighted by Gasteiger charge is -2.31. The summed E-state index contributed by atoms with van der Waals surface area (Å²) in [4.78, 5) is 13.9. The predicted molar refractivity (Wildman–Crippen MR) is 109 cm³/mol. The number of hydrogen-bond acceptors (Lipinski definition) is 4. The molecule has 1 aliphatic rings. The van der Waals surface area contributed by atoms with E-state index in [1.807, 2.05) is 24.3 Å². The Hall–Kier alpha value is -1.95. The van der Waals surface area contributed by atoms with Crippen molar-refractivity contribution in [1.29, 1.82) is 0 Å². The summed E-state index contributed by atoms with van der Waals surface area (Å²) in [6.07, 6.45) is 2.23. The molecule has 0 atom stereocenters. The fraction of sp³-hybridized carbons (Fsp3) is 0.409. The van der Waals surface area contributed by atoms with Crippen molar-refractivity contribution in [3.63, 3.8) is 0 Å². The summed E-state index contributed by atoms with van der Waals surface area (Å²) in [5.74, 6) is 0.0532. The Morgan fingerprint density at radius 1 is 1.04 bits per heavy atom. The summed E-state index contributed by atoms with van der Waals surface area (Å²) < 4.78 is 23.4. The molecule has 152 valence electrons. The lowest BCUT2D eigenvalue weighted by atomic mass is 9.97. The summed E-state index contributed by atoms with van der Waals surface area (Å²) in [6.45, 7) is 4.27. The number of nitrogens with zero attached hydrogens (tertiary/aromatic N) is 1. The van der Waals surface area contributed by atoms with Crippen LogP contribution in [0.25, 0.3) is 0 Å². The highest BCUT2D eigenvalue weighted by Gasteiger charge is 2.19. The van der Waals surface area contributed by atoms with E-state index in [1.54, 1.807) is 12.1 Å². The molecule has 0 saturated carbocycles. The van der Waals surface area contributed by atoms with E-state index in [-0.39, 0.29) is 24.2 Å². The van der Waals surface area contributed by atoms with Crippen LogP contribution in [0.5, 0.6) is 0 Å². The molecule has 0 amide bonds. The second kappa shape index (κ2) is 11.1. The molecule has 1 heterocycles. The van der Waals surface area contributed by atoms with Crippen molar-refractivity contribution in [3.05, 3.63) is 71.0 Å². The van der Waals surface area contributed by atoms with Crippen LogP contribution >= 0.6 is 12.4 Å². The maximum absolute atomic E-state index is 12.9. The molecular weight excluding hydrogens is 381 g/mol. The van der Waals surface area contributed by atoms with Gasteiger partial charge in [-0.25, -0.2) is 9.18 Å². The number of ether oxygens (including phenoxy) is 2. The first-order valence-corrected chi connectivity index (χ1v) is 9.36. The SMILES string of the molecule is COC(=O)c1ccc(CN2CCC(COCc3ccc(F)cc3)CC2)cc1.Cl. The van der Waals surface area contributed by atoms with Crippen molar-refractivity contribution < 1.29 is 18.7 Å². The lowest BCUT2D eigenvalue weighted by molar-refractivity contribution is 0.0562. The average molecular weight is 408 g/mol. The van der Waals surface area contributed by atoms with Crippen LogP contribution < -0.4 is 0 Å². The van der Waals surface area contributed by atoms with Gasteiger partial charge in [0.15, 0.2) is 0 Å². The molecule has 0 bridgehead atoms. The van der Waals surface area contributed by atoms with Gasteiger partial charge in [-0.3, -0.25) is 4.90 Å². The molecular formula is C22H27ClFNO3. The largest absolute Gasteiger partial charge is 0.465 e. The van der Waals surface area contributed by atoms with Crippen LogP contribution in [-0.4, -0.2) is 37.7 Å². The highest BCUT2D eigenvalue weighted by molar-refractivity contribution is 5.89. The van der Waals surface area contributed by atoms with Gasteiger partial charge < -0.3 is 9.47 Å². The van der Waals surface area contributed by atoms with Crippen LogP contribution in [0.1, 0.15) is 34.3 Å². The fourth-order valence-electron chi connectivity index (χ4n) is 3.36. The first-order chi connectivity index (χ1) is 13.1. The summed E-state index contributed by atoms with van der Waals surface area (Å²) in [5.41, 5.74) is 2.79. The van der Waals surface area contributed by atoms with Gasteiger partial charge in [-0.1, -0.05) is 24.3 Å². The number of halogens is 2. The Balaban J connectivity index is 0.00000280. The van der Waals surface area contributed by atoms with E-state index >= 15 is 0 Å². The molecule has 3 rings (SSSR count). The number of piperidine rings is 1. The minimum absolute atomic E-state index is 0. The number of esters is 1. The second-order valence-electron chi connectivity index (χ2n) is 7.05. The van der Waals surface area contributed by atoms with Gasteiger partial charge in [-0.2, -0.15) is 0 Å². The van der Waals surface area contributed by atoms with E-state index < -0.39 is 0 Å². The molecule has 2 aromatic carbocycles.